The lowest BCUT2D eigenvalue weighted by atomic mass is 9.89. The first-order chi connectivity index (χ1) is 25.3. The Balaban J connectivity index is 1.16. The van der Waals surface area contributed by atoms with Crippen LogP contribution in [-0.4, -0.2) is 4.57 Å². The standard InChI is InChI=1S/C49H36N2/c1-3-13-34(14-4-1)35-27-30-41(31-28-35)51-47-22-12-10-20-43(47)44-33-39-16-7-9-19-42(39)48(49(44)51)38-25-23-37(24-26-38)46-32-29-36-15-8-11-21-45(36)50(46)40-17-5-2-6-18-40/h1-28,30-31,33,46H,29,32H2. The third kappa shape index (κ3) is 4.94. The number of anilines is 2. The molecule has 1 aromatic heterocycles. The summed E-state index contributed by atoms with van der Waals surface area (Å²) < 4.78 is 2.48. The van der Waals surface area contributed by atoms with Gasteiger partial charge in [0.05, 0.1) is 17.1 Å². The van der Waals surface area contributed by atoms with Crippen LogP contribution in [0.4, 0.5) is 11.4 Å². The molecule has 9 aromatic rings. The number of rotatable bonds is 5. The Morgan fingerprint density at radius 2 is 1.08 bits per heavy atom. The molecule has 242 valence electrons. The second-order valence-electron chi connectivity index (χ2n) is 13.6. The summed E-state index contributed by atoms with van der Waals surface area (Å²) in [4.78, 5) is 2.54. The summed E-state index contributed by atoms with van der Waals surface area (Å²) in [5.74, 6) is 0. The van der Waals surface area contributed by atoms with Crippen LogP contribution in [0.15, 0.2) is 188 Å². The van der Waals surface area contributed by atoms with Crippen LogP contribution in [0, 0.1) is 0 Å². The summed E-state index contributed by atoms with van der Waals surface area (Å²) in [7, 11) is 0. The minimum atomic E-state index is 0.249. The van der Waals surface area contributed by atoms with Crippen LogP contribution in [0.25, 0.3) is 60.5 Å². The van der Waals surface area contributed by atoms with Gasteiger partial charge in [-0.15, -0.1) is 0 Å². The quantitative estimate of drug-likeness (QED) is 0.180. The molecule has 0 amide bonds. The molecule has 8 aromatic carbocycles. The van der Waals surface area contributed by atoms with E-state index in [0.717, 1.165) is 18.5 Å². The van der Waals surface area contributed by atoms with Crippen molar-refractivity contribution in [3.63, 3.8) is 0 Å². The third-order valence-corrected chi connectivity index (χ3v) is 10.8. The first-order valence-corrected chi connectivity index (χ1v) is 18.0. The van der Waals surface area contributed by atoms with E-state index in [1.165, 1.54) is 77.3 Å². The Morgan fingerprint density at radius 3 is 1.88 bits per heavy atom. The highest BCUT2D eigenvalue weighted by molar-refractivity contribution is 6.21. The molecule has 0 aliphatic carbocycles. The predicted octanol–water partition coefficient (Wildman–Crippen LogP) is 13.1. The molecule has 0 saturated heterocycles. The van der Waals surface area contributed by atoms with Crippen LogP contribution in [0.3, 0.4) is 0 Å². The van der Waals surface area contributed by atoms with E-state index in [1.54, 1.807) is 0 Å². The van der Waals surface area contributed by atoms with Gasteiger partial charge in [-0.3, -0.25) is 0 Å². The summed E-state index contributed by atoms with van der Waals surface area (Å²) in [5.41, 5.74) is 13.9. The summed E-state index contributed by atoms with van der Waals surface area (Å²) in [6.45, 7) is 0. The van der Waals surface area contributed by atoms with Crippen LogP contribution in [0.2, 0.25) is 0 Å². The van der Waals surface area contributed by atoms with E-state index < -0.39 is 0 Å². The van der Waals surface area contributed by atoms with Gasteiger partial charge >= 0.3 is 0 Å². The van der Waals surface area contributed by atoms with Gasteiger partial charge in [0, 0.05) is 33.4 Å². The maximum atomic E-state index is 2.54. The van der Waals surface area contributed by atoms with Crippen LogP contribution in [0.1, 0.15) is 23.6 Å². The zero-order valence-corrected chi connectivity index (χ0v) is 28.3. The molecule has 0 N–H and O–H groups in total. The van der Waals surface area contributed by atoms with Gasteiger partial charge < -0.3 is 9.47 Å². The van der Waals surface area contributed by atoms with Crippen molar-refractivity contribution in [3.8, 4) is 27.9 Å². The Bertz CT molecular complexity index is 2670. The minimum Gasteiger partial charge on any atom is -0.334 e. The van der Waals surface area contributed by atoms with Crippen LogP contribution in [0.5, 0.6) is 0 Å². The van der Waals surface area contributed by atoms with E-state index in [4.69, 9.17) is 0 Å². The number of aromatic nitrogens is 1. The second-order valence-corrected chi connectivity index (χ2v) is 13.6. The van der Waals surface area contributed by atoms with E-state index >= 15 is 0 Å². The monoisotopic (exact) mass is 652 g/mol. The van der Waals surface area contributed by atoms with E-state index in [9.17, 15) is 0 Å². The minimum absolute atomic E-state index is 0.249. The van der Waals surface area contributed by atoms with Gasteiger partial charge in [-0.2, -0.15) is 0 Å². The number of hydrogen-bond acceptors (Lipinski definition) is 1. The Morgan fingerprint density at radius 1 is 0.451 bits per heavy atom. The zero-order valence-electron chi connectivity index (χ0n) is 28.3. The van der Waals surface area contributed by atoms with Gasteiger partial charge in [-0.25, -0.2) is 0 Å². The lowest BCUT2D eigenvalue weighted by Gasteiger charge is -2.39. The molecule has 10 rings (SSSR count). The molecule has 2 heteroatoms. The number of aryl methyl sites for hydroxylation is 1. The van der Waals surface area contributed by atoms with Crippen molar-refractivity contribution in [2.24, 2.45) is 0 Å². The molecule has 0 spiro atoms. The van der Waals surface area contributed by atoms with Crippen molar-refractivity contribution in [1.29, 1.82) is 0 Å². The normalized spacial score (nSPS) is 14.3. The number of hydrogen-bond donors (Lipinski definition) is 0. The summed E-state index contributed by atoms with van der Waals surface area (Å²) in [6, 6.07) is 69.3. The Kier molecular flexibility index (Phi) is 7.06. The molecule has 0 bridgehead atoms. The average molecular weight is 653 g/mol. The van der Waals surface area contributed by atoms with Crippen molar-refractivity contribution in [2.45, 2.75) is 18.9 Å². The molecule has 1 atom stereocenters. The molecule has 0 saturated carbocycles. The Hall–Kier alpha value is -6.38. The average Bonchev–Trinajstić information content (AvgIpc) is 3.54. The van der Waals surface area contributed by atoms with Crippen molar-refractivity contribution in [3.05, 3.63) is 199 Å². The van der Waals surface area contributed by atoms with Crippen molar-refractivity contribution < 1.29 is 0 Å². The van der Waals surface area contributed by atoms with E-state index in [2.05, 4.69) is 198 Å². The highest BCUT2D eigenvalue weighted by Gasteiger charge is 2.29. The third-order valence-electron chi connectivity index (χ3n) is 10.8. The van der Waals surface area contributed by atoms with Crippen LogP contribution >= 0.6 is 0 Å². The van der Waals surface area contributed by atoms with Crippen LogP contribution < -0.4 is 4.90 Å². The maximum absolute atomic E-state index is 2.54. The number of para-hydroxylation sites is 3. The smallest absolute Gasteiger partial charge is 0.0625 e. The lowest BCUT2D eigenvalue weighted by Crippen LogP contribution is -2.29. The topological polar surface area (TPSA) is 8.17 Å². The number of nitrogens with zero attached hydrogens (tertiary/aromatic N) is 2. The summed E-state index contributed by atoms with van der Waals surface area (Å²) in [5, 5.41) is 5.06. The fourth-order valence-electron chi connectivity index (χ4n) is 8.43. The Labute approximate surface area is 298 Å². The summed E-state index contributed by atoms with van der Waals surface area (Å²) >= 11 is 0. The van der Waals surface area contributed by atoms with E-state index in [-0.39, 0.29) is 6.04 Å². The number of fused-ring (bicyclic) bond motifs is 5. The highest BCUT2D eigenvalue weighted by atomic mass is 15.2. The zero-order chi connectivity index (χ0) is 33.7. The van der Waals surface area contributed by atoms with Gasteiger partial charge in [0.1, 0.15) is 0 Å². The van der Waals surface area contributed by atoms with Crippen LogP contribution in [-0.2, 0) is 6.42 Å². The maximum Gasteiger partial charge on any atom is 0.0625 e. The molecule has 0 fully saturated rings. The first-order valence-electron chi connectivity index (χ1n) is 18.0. The van der Waals surface area contributed by atoms with Gasteiger partial charge in [-0.05, 0) is 93.9 Å². The molecule has 2 heterocycles. The highest BCUT2D eigenvalue weighted by Crippen LogP contribution is 2.46. The predicted molar refractivity (Wildman–Crippen MR) is 215 cm³/mol. The molecule has 1 aliphatic rings. The molecular weight excluding hydrogens is 617 g/mol. The van der Waals surface area contributed by atoms with Crippen molar-refractivity contribution >= 4 is 44.0 Å². The summed E-state index contributed by atoms with van der Waals surface area (Å²) in [6.07, 6.45) is 2.13. The first kappa shape index (κ1) is 29.5. The lowest BCUT2D eigenvalue weighted by molar-refractivity contribution is 0.604. The molecule has 0 radical (unpaired) electrons. The van der Waals surface area contributed by atoms with Gasteiger partial charge in [0.15, 0.2) is 0 Å². The SMILES string of the molecule is c1ccc(-c2ccc(-n3c4ccccc4c4cc5ccccc5c(-c5ccc(C6CCc7ccccc7N6c6ccccc6)cc5)c43)cc2)cc1. The molecule has 51 heavy (non-hydrogen) atoms. The molecule has 2 nitrogen and oxygen atoms in total. The fourth-order valence-corrected chi connectivity index (χ4v) is 8.43. The molecular formula is C49H36N2. The van der Waals surface area contributed by atoms with Crippen molar-refractivity contribution in [1.82, 2.24) is 4.57 Å². The van der Waals surface area contributed by atoms with Crippen molar-refractivity contribution in [2.75, 3.05) is 4.90 Å². The molecule has 1 aliphatic heterocycles. The molecule has 1 unspecified atom stereocenters. The fraction of sp³-hybridized carbons (Fsp3) is 0.0612. The van der Waals surface area contributed by atoms with Gasteiger partial charge in [-0.1, -0.05) is 146 Å². The van der Waals surface area contributed by atoms with E-state index in [0.29, 0.717) is 0 Å². The largest absolute Gasteiger partial charge is 0.334 e. The number of benzene rings is 8. The van der Waals surface area contributed by atoms with E-state index in [1.807, 2.05) is 0 Å². The van der Waals surface area contributed by atoms with Gasteiger partial charge in [0.25, 0.3) is 0 Å². The van der Waals surface area contributed by atoms with Gasteiger partial charge in [0.2, 0.25) is 0 Å². The second kappa shape index (κ2) is 12.2.